The third kappa shape index (κ3) is 3.29. The number of rotatable bonds is 7. The van der Waals surface area contributed by atoms with Crippen molar-refractivity contribution in [2.75, 3.05) is 5.32 Å². The maximum absolute atomic E-state index is 11.3. The molecule has 6 nitrogen and oxygen atoms in total. The minimum atomic E-state index is -0.344. The summed E-state index contributed by atoms with van der Waals surface area (Å²) < 4.78 is 1.71. The highest BCUT2D eigenvalue weighted by molar-refractivity contribution is 5.60. The van der Waals surface area contributed by atoms with Crippen LogP contribution >= 0.6 is 0 Å². The van der Waals surface area contributed by atoms with Crippen LogP contribution in [0.3, 0.4) is 0 Å². The van der Waals surface area contributed by atoms with Gasteiger partial charge in [0.2, 0.25) is 5.82 Å². The summed E-state index contributed by atoms with van der Waals surface area (Å²) in [6.45, 7) is 12.0. The zero-order chi connectivity index (χ0) is 15.4. The molecule has 114 valence electrons. The van der Waals surface area contributed by atoms with Crippen LogP contribution < -0.4 is 5.32 Å². The predicted molar refractivity (Wildman–Crippen MR) is 81.2 cm³/mol. The Labute approximate surface area is 120 Å². The fourth-order valence-corrected chi connectivity index (χ4v) is 2.59. The first-order valence-electron chi connectivity index (χ1n) is 7.33. The summed E-state index contributed by atoms with van der Waals surface area (Å²) in [6.07, 6.45) is 2.10. The van der Waals surface area contributed by atoms with Gasteiger partial charge in [0.25, 0.3) is 0 Å². The second-order valence-corrected chi connectivity index (χ2v) is 5.59. The average molecular weight is 282 g/mol. The highest BCUT2D eigenvalue weighted by Crippen LogP contribution is 2.32. The summed E-state index contributed by atoms with van der Waals surface area (Å²) in [7, 11) is 0. The minimum Gasteiger partial charge on any atom is -0.362 e. The van der Waals surface area contributed by atoms with Gasteiger partial charge in [0.15, 0.2) is 0 Å². The summed E-state index contributed by atoms with van der Waals surface area (Å²) in [5.74, 6) is 1.02. The van der Waals surface area contributed by atoms with Crippen molar-refractivity contribution in [2.45, 2.75) is 66.5 Å². The fraction of sp³-hybridized carbons (Fsp3) is 0.786. The monoisotopic (exact) mass is 282 g/mol. The molecular formula is C14H26N4O2. The van der Waals surface area contributed by atoms with Crippen LogP contribution in [0.15, 0.2) is 0 Å². The smallest absolute Gasteiger partial charge is 0.333 e. The molecule has 6 heteroatoms. The second kappa shape index (κ2) is 6.72. The number of nitro groups is 1. The molecule has 0 saturated heterocycles. The number of anilines is 1. The summed E-state index contributed by atoms with van der Waals surface area (Å²) in [6, 6.07) is 0.260. The van der Waals surface area contributed by atoms with Gasteiger partial charge in [-0.2, -0.15) is 5.10 Å². The molecule has 1 heterocycles. The lowest BCUT2D eigenvalue weighted by Gasteiger charge is -2.24. The molecule has 0 amide bonds. The Hall–Kier alpha value is -1.59. The summed E-state index contributed by atoms with van der Waals surface area (Å²) in [5, 5.41) is 18.9. The summed E-state index contributed by atoms with van der Waals surface area (Å²) in [5.41, 5.74) is 0.555. The van der Waals surface area contributed by atoms with E-state index in [4.69, 9.17) is 0 Å². The first kappa shape index (κ1) is 16.5. The van der Waals surface area contributed by atoms with Gasteiger partial charge < -0.3 is 5.32 Å². The van der Waals surface area contributed by atoms with Crippen LogP contribution in [0.2, 0.25) is 0 Å². The quantitative estimate of drug-likeness (QED) is 0.607. The molecule has 0 aliphatic rings. The second-order valence-electron chi connectivity index (χ2n) is 5.59. The maximum Gasteiger partial charge on any atom is 0.333 e. The third-order valence-corrected chi connectivity index (χ3v) is 3.85. The van der Waals surface area contributed by atoms with E-state index in [0.717, 1.165) is 12.8 Å². The number of nitrogens with one attached hydrogen (secondary N) is 1. The molecule has 0 bridgehead atoms. The molecular weight excluding hydrogens is 256 g/mol. The topological polar surface area (TPSA) is 73.0 Å². The molecule has 0 radical (unpaired) electrons. The van der Waals surface area contributed by atoms with Crippen molar-refractivity contribution in [3.05, 3.63) is 15.8 Å². The lowest BCUT2D eigenvalue weighted by Crippen LogP contribution is -2.27. The molecule has 1 rings (SSSR count). The number of nitrogens with zero attached hydrogens (tertiary/aromatic N) is 3. The first-order chi connectivity index (χ1) is 9.33. The van der Waals surface area contributed by atoms with Crippen LogP contribution in [0, 0.1) is 23.0 Å². The lowest BCUT2D eigenvalue weighted by molar-refractivity contribution is -0.384. The van der Waals surface area contributed by atoms with Crippen molar-refractivity contribution in [3.63, 3.8) is 0 Å². The van der Waals surface area contributed by atoms with E-state index in [1.165, 1.54) is 0 Å². The Morgan fingerprint density at radius 1 is 1.30 bits per heavy atom. The van der Waals surface area contributed by atoms with Gasteiger partial charge in [-0.3, -0.25) is 10.1 Å². The predicted octanol–water partition coefficient (Wildman–Crippen LogP) is 3.92. The van der Waals surface area contributed by atoms with E-state index in [2.05, 4.69) is 31.2 Å². The molecule has 1 aromatic rings. The molecule has 1 N–H and O–H groups in total. The Morgan fingerprint density at radius 2 is 1.85 bits per heavy atom. The van der Waals surface area contributed by atoms with E-state index in [1.54, 1.807) is 11.6 Å². The van der Waals surface area contributed by atoms with E-state index in [0.29, 0.717) is 17.4 Å². The summed E-state index contributed by atoms with van der Waals surface area (Å²) >= 11 is 0. The zero-order valence-electron chi connectivity index (χ0n) is 13.3. The van der Waals surface area contributed by atoms with E-state index < -0.39 is 0 Å². The Bertz CT molecular complexity index is 464. The van der Waals surface area contributed by atoms with Gasteiger partial charge in [-0.15, -0.1) is 0 Å². The number of aryl methyl sites for hydroxylation is 1. The van der Waals surface area contributed by atoms with Gasteiger partial charge >= 0.3 is 5.69 Å². The zero-order valence-corrected chi connectivity index (χ0v) is 13.3. The van der Waals surface area contributed by atoms with Gasteiger partial charge in [0.1, 0.15) is 5.69 Å². The van der Waals surface area contributed by atoms with Crippen LogP contribution in [-0.2, 0) is 0 Å². The SMILES string of the molecule is CCC(CC)C(C)Nc1c([N+](=O)[O-])c(C)nn1C(C)C. The third-order valence-electron chi connectivity index (χ3n) is 3.85. The van der Waals surface area contributed by atoms with Crippen LogP contribution in [-0.4, -0.2) is 20.7 Å². The van der Waals surface area contributed by atoms with Crippen LogP contribution in [0.5, 0.6) is 0 Å². The van der Waals surface area contributed by atoms with E-state index in [1.807, 2.05) is 13.8 Å². The van der Waals surface area contributed by atoms with Crippen LogP contribution in [0.25, 0.3) is 0 Å². The van der Waals surface area contributed by atoms with Gasteiger partial charge in [-0.05, 0) is 33.6 Å². The van der Waals surface area contributed by atoms with Gasteiger partial charge in [-0.1, -0.05) is 26.7 Å². The number of hydrogen-bond donors (Lipinski definition) is 1. The molecule has 1 aromatic heterocycles. The van der Waals surface area contributed by atoms with E-state index in [-0.39, 0.29) is 22.7 Å². The normalized spacial score (nSPS) is 13.0. The molecule has 0 fully saturated rings. The fourth-order valence-electron chi connectivity index (χ4n) is 2.59. The largest absolute Gasteiger partial charge is 0.362 e. The van der Waals surface area contributed by atoms with E-state index in [9.17, 15) is 10.1 Å². The van der Waals surface area contributed by atoms with Gasteiger partial charge in [-0.25, -0.2) is 4.68 Å². The molecule has 0 aliphatic carbocycles. The van der Waals surface area contributed by atoms with Crippen molar-refractivity contribution in [1.82, 2.24) is 9.78 Å². The van der Waals surface area contributed by atoms with Crippen molar-refractivity contribution in [3.8, 4) is 0 Å². The lowest BCUT2D eigenvalue weighted by atomic mass is 9.95. The molecule has 0 spiro atoms. The first-order valence-corrected chi connectivity index (χ1v) is 7.33. The van der Waals surface area contributed by atoms with E-state index >= 15 is 0 Å². The Balaban J connectivity index is 3.17. The van der Waals surface area contributed by atoms with Crippen molar-refractivity contribution >= 4 is 11.5 Å². The maximum atomic E-state index is 11.3. The molecule has 1 unspecified atom stereocenters. The molecule has 20 heavy (non-hydrogen) atoms. The molecule has 0 aliphatic heterocycles. The number of hydrogen-bond acceptors (Lipinski definition) is 4. The molecule has 0 saturated carbocycles. The summed E-state index contributed by atoms with van der Waals surface area (Å²) in [4.78, 5) is 10.9. The van der Waals surface area contributed by atoms with Gasteiger partial charge in [0.05, 0.1) is 4.92 Å². The van der Waals surface area contributed by atoms with Crippen molar-refractivity contribution < 1.29 is 4.92 Å². The highest BCUT2D eigenvalue weighted by atomic mass is 16.6. The number of aromatic nitrogens is 2. The van der Waals surface area contributed by atoms with Gasteiger partial charge in [0, 0.05) is 12.1 Å². The molecule has 0 aromatic carbocycles. The average Bonchev–Trinajstić information content (AvgIpc) is 2.67. The molecule has 1 atom stereocenters. The van der Waals surface area contributed by atoms with Crippen LogP contribution in [0.1, 0.15) is 59.2 Å². The Kier molecular flexibility index (Phi) is 5.53. The Morgan fingerprint density at radius 3 is 2.25 bits per heavy atom. The van der Waals surface area contributed by atoms with Crippen molar-refractivity contribution in [1.29, 1.82) is 0 Å². The van der Waals surface area contributed by atoms with Crippen molar-refractivity contribution in [2.24, 2.45) is 5.92 Å². The highest BCUT2D eigenvalue weighted by Gasteiger charge is 2.28. The van der Waals surface area contributed by atoms with Crippen LogP contribution in [0.4, 0.5) is 11.5 Å². The standard InChI is InChI=1S/C14H26N4O2/c1-7-12(8-2)10(5)15-14-13(18(19)20)11(6)16-17(14)9(3)4/h9-10,12,15H,7-8H2,1-6H3. The minimum absolute atomic E-state index is 0.0822.